The first-order valence-electron chi connectivity index (χ1n) is 7.89. The number of halogens is 1. The quantitative estimate of drug-likeness (QED) is 0.793. The van der Waals surface area contributed by atoms with Crippen LogP contribution in [0.4, 0.5) is 0 Å². The maximum Gasteiger partial charge on any atom is 0.270 e. The zero-order chi connectivity index (χ0) is 16.7. The largest absolute Gasteiger partial charge is 0.338 e. The molecule has 3 aromatic heterocycles. The Hall–Kier alpha value is -2.31. The predicted molar refractivity (Wildman–Crippen MR) is 92.1 cm³/mol. The molecule has 1 aliphatic rings. The molecule has 0 aliphatic carbocycles. The number of hydrogen-bond donors (Lipinski definition) is 1. The van der Waals surface area contributed by atoms with Crippen LogP contribution in [0.1, 0.15) is 21.9 Å². The summed E-state index contributed by atoms with van der Waals surface area (Å²) in [6, 6.07) is 7.60. The Labute approximate surface area is 144 Å². The third-order valence-corrected chi connectivity index (χ3v) is 4.62. The van der Waals surface area contributed by atoms with E-state index in [1.165, 1.54) is 0 Å². The lowest BCUT2D eigenvalue weighted by molar-refractivity contribution is 0.0771. The van der Waals surface area contributed by atoms with Gasteiger partial charge in [-0.15, -0.1) is 0 Å². The third-order valence-electron chi connectivity index (χ3n) is 4.40. The maximum absolute atomic E-state index is 12.8. The molecule has 24 heavy (non-hydrogen) atoms. The molecule has 0 bridgehead atoms. The fraction of sp³-hybridized carbons (Fsp3) is 0.294. The number of pyridine rings is 1. The van der Waals surface area contributed by atoms with Gasteiger partial charge in [0.2, 0.25) is 0 Å². The number of carbonyl (C=O) groups excluding carboxylic acids is 1. The van der Waals surface area contributed by atoms with E-state index in [0.29, 0.717) is 11.6 Å². The normalized spacial score (nSPS) is 13.9. The number of nitrogens with one attached hydrogen (secondary N) is 1. The minimum Gasteiger partial charge on any atom is -0.338 e. The molecular weight excluding hydrogens is 326 g/mol. The summed E-state index contributed by atoms with van der Waals surface area (Å²) >= 11 is 6.07. The lowest BCUT2D eigenvalue weighted by Crippen LogP contribution is -2.33. The molecule has 1 aliphatic heterocycles. The minimum atomic E-state index is 0.0140. The molecule has 4 rings (SSSR count). The van der Waals surface area contributed by atoms with Gasteiger partial charge < -0.3 is 19.2 Å². The van der Waals surface area contributed by atoms with Crippen LogP contribution in [-0.2, 0) is 19.6 Å². The van der Waals surface area contributed by atoms with Crippen molar-refractivity contribution in [1.82, 2.24) is 24.2 Å². The summed E-state index contributed by atoms with van der Waals surface area (Å²) in [6.45, 7) is 2.99. The standard InChI is InChI=1S/C17H18ClN5O/c1-21(11-14-9-20-16-5-2-12(18)10-23(14)16)17(24)15-4-3-13-8-19-6-7-22(13)15/h2-5,9-10,19H,6-8,11H2,1H3. The first-order valence-corrected chi connectivity index (χ1v) is 8.27. The summed E-state index contributed by atoms with van der Waals surface area (Å²) in [4.78, 5) is 18.9. The zero-order valence-electron chi connectivity index (χ0n) is 13.4. The summed E-state index contributed by atoms with van der Waals surface area (Å²) in [7, 11) is 1.81. The number of carbonyl (C=O) groups is 1. The number of aromatic nitrogens is 3. The smallest absolute Gasteiger partial charge is 0.270 e. The SMILES string of the molecule is CN(Cc1cnc2ccc(Cl)cn12)C(=O)c1ccc2n1CCNC2. The van der Waals surface area contributed by atoms with Gasteiger partial charge in [0.1, 0.15) is 11.3 Å². The molecule has 0 saturated carbocycles. The average Bonchev–Trinajstić information content (AvgIpc) is 3.18. The molecule has 1 N–H and O–H groups in total. The first-order chi connectivity index (χ1) is 11.6. The third kappa shape index (κ3) is 2.57. The molecule has 0 spiro atoms. The van der Waals surface area contributed by atoms with Crippen molar-refractivity contribution in [1.29, 1.82) is 0 Å². The van der Waals surface area contributed by atoms with Crippen LogP contribution in [-0.4, -0.2) is 38.4 Å². The van der Waals surface area contributed by atoms with Crippen LogP contribution < -0.4 is 5.32 Å². The fourth-order valence-electron chi connectivity index (χ4n) is 3.15. The summed E-state index contributed by atoms with van der Waals surface area (Å²) in [5, 5.41) is 3.96. The lowest BCUT2D eigenvalue weighted by Gasteiger charge is -2.22. The number of imidazole rings is 1. The Morgan fingerprint density at radius 1 is 1.38 bits per heavy atom. The van der Waals surface area contributed by atoms with E-state index in [0.717, 1.165) is 42.4 Å². The topological polar surface area (TPSA) is 54.6 Å². The molecule has 124 valence electrons. The summed E-state index contributed by atoms with van der Waals surface area (Å²) in [6.07, 6.45) is 3.61. The lowest BCUT2D eigenvalue weighted by atomic mass is 10.3. The van der Waals surface area contributed by atoms with Crippen LogP contribution in [0.15, 0.2) is 36.7 Å². The van der Waals surface area contributed by atoms with Gasteiger partial charge in [-0.2, -0.15) is 0 Å². The highest BCUT2D eigenvalue weighted by molar-refractivity contribution is 6.30. The highest BCUT2D eigenvalue weighted by Gasteiger charge is 2.21. The molecule has 0 atom stereocenters. The second-order valence-corrected chi connectivity index (χ2v) is 6.46. The van der Waals surface area contributed by atoms with Crippen LogP contribution in [0, 0.1) is 0 Å². The minimum absolute atomic E-state index is 0.0140. The fourth-order valence-corrected chi connectivity index (χ4v) is 3.32. The van der Waals surface area contributed by atoms with E-state index in [2.05, 4.69) is 14.9 Å². The molecule has 0 aromatic carbocycles. The molecular formula is C17H18ClN5O. The number of hydrogen-bond acceptors (Lipinski definition) is 3. The van der Waals surface area contributed by atoms with Crippen LogP contribution in [0.3, 0.4) is 0 Å². The van der Waals surface area contributed by atoms with E-state index >= 15 is 0 Å². The van der Waals surface area contributed by atoms with Crippen LogP contribution >= 0.6 is 11.6 Å². The van der Waals surface area contributed by atoms with E-state index in [1.54, 1.807) is 11.1 Å². The number of rotatable bonds is 3. The van der Waals surface area contributed by atoms with E-state index in [9.17, 15) is 4.79 Å². The van der Waals surface area contributed by atoms with Gasteiger partial charge >= 0.3 is 0 Å². The second kappa shape index (κ2) is 5.96. The zero-order valence-corrected chi connectivity index (χ0v) is 14.1. The van der Waals surface area contributed by atoms with Crippen molar-refractivity contribution in [3.63, 3.8) is 0 Å². The summed E-state index contributed by atoms with van der Waals surface area (Å²) in [5.41, 5.74) is 3.64. The molecule has 4 heterocycles. The molecule has 1 amide bonds. The van der Waals surface area contributed by atoms with Gasteiger partial charge in [-0.1, -0.05) is 11.6 Å². The summed E-state index contributed by atoms with van der Waals surface area (Å²) in [5.74, 6) is 0.0140. The molecule has 6 nitrogen and oxygen atoms in total. The Morgan fingerprint density at radius 2 is 2.25 bits per heavy atom. The molecule has 0 fully saturated rings. The molecule has 0 unspecified atom stereocenters. The molecule has 0 saturated heterocycles. The van der Waals surface area contributed by atoms with Crippen LogP contribution in [0.5, 0.6) is 0 Å². The van der Waals surface area contributed by atoms with Crippen molar-refractivity contribution < 1.29 is 4.79 Å². The summed E-state index contributed by atoms with van der Waals surface area (Å²) < 4.78 is 4.02. The Morgan fingerprint density at radius 3 is 3.12 bits per heavy atom. The Balaban J connectivity index is 1.59. The number of amides is 1. The second-order valence-electron chi connectivity index (χ2n) is 6.02. The van der Waals surface area contributed by atoms with E-state index < -0.39 is 0 Å². The van der Waals surface area contributed by atoms with Gasteiger partial charge in [-0.25, -0.2) is 4.98 Å². The van der Waals surface area contributed by atoms with E-state index in [4.69, 9.17) is 11.6 Å². The van der Waals surface area contributed by atoms with E-state index in [-0.39, 0.29) is 5.91 Å². The van der Waals surface area contributed by atoms with Crippen molar-refractivity contribution in [2.45, 2.75) is 19.6 Å². The van der Waals surface area contributed by atoms with Crippen molar-refractivity contribution in [3.05, 3.63) is 58.8 Å². The van der Waals surface area contributed by atoms with E-state index in [1.807, 2.05) is 41.9 Å². The highest BCUT2D eigenvalue weighted by Crippen LogP contribution is 2.17. The van der Waals surface area contributed by atoms with Gasteiger partial charge in [-0.3, -0.25) is 4.79 Å². The van der Waals surface area contributed by atoms with Gasteiger partial charge in [0.05, 0.1) is 23.5 Å². The Kier molecular flexibility index (Phi) is 3.78. The van der Waals surface area contributed by atoms with Crippen LogP contribution in [0.25, 0.3) is 5.65 Å². The maximum atomic E-state index is 12.8. The van der Waals surface area contributed by atoms with Crippen molar-refractivity contribution in [2.75, 3.05) is 13.6 Å². The van der Waals surface area contributed by atoms with Gasteiger partial charge in [-0.05, 0) is 24.3 Å². The van der Waals surface area contributed by atoms with Crippen LogP contribution in [0.2, 0.25) is 5.02 Å². The number of nitrogens with zero attached hydrogens (tertiary/aromatic N) is 4. The molecule has 7 heteroatoms. The molecule has 3 aromatic rings. The Bertz CT molecular complexity index is 913. The first kappa shape index (κ1) is 15.2. The van der Waals surface area contributed by atoms with Gasteiger partial charge in [0.15, 0.2) is 0 Å². The van der Waals surface area contributed by atoms with Crippen molar-refractivity contribution in [2.24, 2.45) is 0 Å². The monoisotopic (exact) mass is 343 g/mol. The predicted octanol–water partition coefficient (Wildman–Crippen LogP) is 2.16. The van der Waals surface area contributed by atoms with Crippen molar-refractivity contribution in [3.8, 4) is 0 Å². The number of fused-ring (bicyclic) bond motifs is 2. The van der Waals surface area contributed by atoms with Gasteiger partial charge in [0.25, 0.3) is 5.91 Å². The average molecular weight is 344 g/mol. The highest BCUT2D eigenvalue weighted by atomic mass is 35.5. The molecule has 0 radical (unpaired) electrons. The van der Waals surface area contributed by atoms with Crippen molar-refractivity contribution >= 4 is 23.2 Å². The van der Waals surface area contributed by atoms with Gasteiger partial charge in [0, 0.05) is 38.6 Å².